The number of thiophene rings is 1. The lowest BCUT2D eigenvalue weighted by Gasteiger charge is -2.31. The minimum absolute atomic E-state index is 0.140. The van der Waals surface area contributed by atoms with Crippen molar-refractivity contribution in [2.45, 2.75) is 38.1 Å². The van der Waals surface area contributed by atoms with E-state index in [9.17, 15) is 13.2 Å². The fraction of sp³-hybridized carbons (Fsp3) is 0.409. The molecule has 0 bridgehead atoms. The molecule has 1 saturated heterocycles. The second-order valence-electron chi connectivity index (χ2n) is 8.28. The number of amides is 1. The number of benzene rings is 1. The highest BCUT2D eigenvalue weighted by atomic mass is 32.2. The van der Waals surface area contributed by atoms with Crippen molar-refractivity contribution in [1.82, 2.24) is 19.8 Å². The fourth-order valence-corrected chi connectivity index (χ4v) is 7.14. The van der Waals surface area contributed by atoms with Gasteiger partial charge in [0, 0.05) is 31.4 Å². The molecule has 5 rings (SSSR count). The van der Waals surface area contributed by atoms with Crippen molar-refractivity contribution in [2.75, 3.05) is 19.9 Å². The van der Waals surface area contributed by atoms with Gasteiger partial charge in [0.25, 0.3) is 0 Å². The van der Waals surface area contributed by atoms with Crippen LogP contribution in [-0.2, 0) is 21.4 Å². The fourth-order valence-electron chi connectivity index (χ4n) is 4.13. The van der Waals surface area contributed by atoms with Gasteiger partial charge in [-0.05, 0) is 43.5 Å². The van der Waals surface area contributed by atoms with Crippen molar-refractivity contribution in [3.63, 3.8) is 0 Å². The number of piperidine rings is 1. The first-order valence-electron chi connectivity index (χ1n) is 10.9. The molecule has 0 saturated carbocycles. The van der Waals surface area contributed by atoms with Crippen LogP contribution in [0.3, 0.4) is 0 Å². The normalized spacial score (nSPS) is 18.2. The van der Waals surface area contributed by atoms with E-state index in [2.05, 4.69) is 15.5 Å². The van der Waals surface area contributed by atoms with Gasteiger partial charge in [-0.25, -0.2) is 8.42 Å². The quantitative estimate of drug-likeness (QED) is 0.544. The van der Waals surface area contributed by atoms with Gasteiger partial charge in [0.15, 0.2) is 11.5 Å². The molecule has 12 heteroatoms. The zero-order valence-corrected chi connectivity index (χ0v) is 20.4. The monoisotopic (exact) mass is 504 g/mol. The van der Waals surface area contributed by atoms with Gasteiger partial charge in [0.1, 0.15) is 0 Å². The van der Waals surface area contributed by atoms with Gasteiger partial charge in [-0.3, -0.25) is 4.79 Å². The van der Waals surface area contributed by atoms with E-state index in [0.717, 1.165) is 5.56 Å². The molecule has 10 nitrogen and oxygen atoms in total. The Bertz CT molecular complexity index is 1330. The standard InChI is InChI=1S/C22H24N4O6S2/c1-13-20(9-19(33-13)21-24-14(2)32-25-21)34(28,29)26-7-3-4-16(11-26)22(27)23-10-15-5-6-17-18(8-15)31-12-30-17/h5-6,8-9,16H,3-4,7,10-12H2,1-2H3,(H,23,27). The molecule has 1 N–H and O–H groups in total. The van der Waals surface area contributed by atoms with Crippen molar-refractivity contribution in [3.05, 3.63) is 40.6 Å². The summed E-state index contributed by atoms with van der Waals surface area (Å²) in [6.07, 6.45) is 1.25. The molecule has 1 amide bonds. The number of sulfonamides is 1. The largest absolute Gasteiger partial charge is 0.454 e. The molecule has 180 valence electrons. The van der Waals surface area contributed by atoms with E-state index < -0.39 is 15.9 Å². The molecule has 0 spiro atoms. The smallest absolute Gasteiger partial charge is 0.244 e. The van der Waals surface area contributed by atoms with Crippen molar-refractivity contribution >= 4 is 27.3 Å². The summed E-state index contributed by atoms with van der Waals surface area (Å²) in [5.41, 5.74) is 0.885. The van der Waals surface area contributed by atoms with Crippen molar-refractivity contribution in [2.24, 2.45) is 5.92 Å². The van der Waals surface area contributed by atoms with Crippen LogP contribution >= 0.6 is 11.3 Å². The first-order chi connectivity index (χ1) is 16.3. The Morgan fingerprint density at radius 1 is 1.24 bits per heavy atom. The van der Waals surface area contributed by atoms with Crippen LogP contribution in [0.2, 0.25) is 0 Å². The van der Waals surface area contributed by atoms with Crippen LogP contribution in [0.25, 0.3) is 10.7 Å². The Kier molecular flexibility index (Phi) is 6.04. The number of nitrogens with one attached hydrogen (secondary N) is 1. The second kappa shape index (κ2) is 9.01. The number of rotatable bonds is 6. The Balaban J connectivity index is 1.26. The summed E-state index contributed by atoms with van der Waals surface area (Å²) in [6.45, 7) is 4.47. The highest BCUT2D eigenvalue weighted by Gasteiger charge is 2.35. The van der Waals surface area contributed by atoms with Crippen molar-refractivity contribution in [1.29, 1.82) is 0 Å². The van der Waals surface area contributed by atoms with Crippen LogP contribution in [0.5, 0.6) is 11.5 Å². The number of hydrogen-bond donors (Lipinski definition) is 1. The lowest BCUT2D eigenvalue weighted by atomic mass is 9.98. The molecule has 2 aliphatic rings. The highest BCUT2D eigenvalue weighted by molar-refractivity contribution is 7.89. The number of aromatic nitrogens is 2. The predicted octanol–water partition coefficient (Wildman–Crippen LogP) is 2.86. The van der Waals surface area contributed by atoms with Crippen LogP contribution in [0, 0.1) is 19.8 Å². The summed E-state index contributed by atoms with van der Waals surface area (Å²) in [7, 11) is -3.77. The third kappa shape index (κ3) is 4.40. The Morgan fingerprint density at radius 3 is 2.85 bits per heavy atom. The average molecular weight is 505 g/mol. The zero-order valence-electron chi connectivity index (χ0n) is 18.7. The van der Waals surface area contributed by atoms with Crippen LogP contribution in [0.1, 0.15) is 29.2 Å². The van der Waals surface area contributed by atoms with Crippen LogP contribution in [-0.4, -0.2) is 48.7 Å². The minimum Gasteiger partial charge on any atom is -0.454 e. The maximum atomic E-state index is 13.4. The number of nitrogens with zero attached hydrogens (tertiary/aromatic N) is 3. The average Bonchev–Trinajstić information content (AvgIpc) is 3.56. The van der Waals surface area contributed by atoms with E-state index in [4.69, 9.17) is 14.0 Å². The minimum atomic E-state index is -3.77. The van der Waals surface area contributed by atoms with Crippen LogP contribution in [0.15, 0.2) is 33.7 Å². The maximum absolute atomic E-state index is 13.4. The lowest BCUT2D eigenvalue weighted by molar-refractivity contribution is -0.126. The van der Waals surface area contributed by atoms with E-state index in [-0.39, 0.29) is 24.1 Å². The summed E-state index contributed by atoms with van der Waals surface area (Å²) < 4.78 is 44.0. The summed E-state index contributed by atoms with van der Waals surface area (Å²) in [4.78, 5) is 18.5. The topological polar surface area (TPSA) is 124 Å². The summed E-state index contributed by atoms with van der Waals surface area (Å²) in [6, 6.07) is 7.10. The third-order valence-electron chi connectivity index (χ3n) is 5.90. The van der Waals surface area contributed by atoms with E-state index in [1.54, 1.807) is 19.9 Å². The molecular weight excluding hydrogens is 480 g/mol. The Morgan fingerprint density at radius 2 is 2.06 bits per heavy atom. The molecule has 4 heterocycles. The number of carbonyl (C=O) groups is 1. The second-order valence-corrected chi connectivity index (χ2v) is 11.4. The van der Waals surface area contributed by atoms with Gasteiger partial charge in [-0.1, -0.05) is 11.2 Å². The molecular formula is C22H24N4O6S2. The Hall–Kier alpha value is -2.96. The molecule has 1 aromatic carbocycles. The van der Waals surface area contributed by atoms with Crippen LogP contribution < -0.4 is 14.8 Å². The number of hydrogen-bond acceptors (Lipinski definition) is 9. The molecule has 0 aliphatic carbocycles. The molecule has 1 fully saturated rings. The van der Waals surface area contributed by atoms with Gasteiger partial charge in [0.2, 0.25) is 34.4 Å². The van der Waals surface area contributed by atoms with Gasteiger partial charge in [-0.2, -0.15) is 9.29 Å². The van der Waals surface area contributed by atoms with E-state index in [0.29, 0.717) is 58.9 Å². The third-order valence-corrected chi connectivity index (χ3v) is 9.06. The highest BCUT2D eigenvalue weighted by Crippen LogP contribution is 2.35. The maximum Gasteiger partial charge on any atom is 0.244 e. The number of aryl methyl sites for hydroxylation is 2. The van der Waals surface area contributed by atoms with E-state index in [1.807, 2.05) is 18.2 Å². The first kappa shape index (κ1) is 22.8. The molecule has 1 atom stereocenters. The molecule has 2 aliphatic heterocycles. The van der Waals surface area contributed by atoms with Crippen molar-refractivity contribution < 1.29 is 27.2 Å². The first-order valence-corrected chi connectivity index (χ1v) is 13.1. The van der Waals surface area contributed by atoms with Gasteiger partial charge in [0.05, 0.1) is 15.7 Å². The van der Waals surface area contributed by atoms with Gasteiger partial charge >= 0.3 is 0 Å². The SMILES string of the molecule is Cc1nc(-c2cc(S(=O)(=O)N3CCCC(C(=O)NCc4ccc5c(c4)OCO5)C3)c(C)s2)no1. The molecule has 0 radical (unpaired) electrons. The molecule has 34 heavy (non-hydrogen) atoms. The molecule has 2 aromatic heterocycles. The summed E-state index contributed by atoms with van der Waals surface area (Å²) in [5, 5.41) is 6.81. The van der Waals surface area contributed by atoms with Gasteiger partial charge < -0.3 is 19.3 Å². The number of fused-ring (bicyclic) bond motifs is 1. The summed E-state index contributed by atoms with van der Waals surface area (Å²) in [5.74, 6) is 1.54. The van der Waals surface area contributed by atoms with Crippen molar-refractivity contribution in [3.8, 4) is 22.2 Å². The van der Waals surface area contributed by atoms with E-state index >= 15 is 0 Å². The Labute approximate surface area is 200 Å². The lowest BCUT2D eigenvalue weighted by Crippen LogP contribution is -2.45. The zero-order chi connectivity index (χ0) is 23.9. The van der Waals surface area contributed by atoms with E-state index in [1.165, 1.54) is 15.6 Å². The predicted molar refractivity (Wildman–Crippen MR) is 123 cm³/mol. The molecule has 1 unspecified atom stereocenters. The number of ether oxygens (including phenoxy) is 2. The number of carbonyl (C=O) groups excluding carboxylic acids is 1. The van der Waals surface area contributed by atoms with Gasteiger partial charge in [-0.15, -0.1) is 11.3 Å². The van der Waals surface area contributed by atoms with Crippen LogP contribution in [0.4, 0.5) is 0 Å². The summed E-state index contributed by atoms with van der Waals surface area (Å²) >= 11 is 1.30. The molecule has 3 aromatic rings.